The van der Waals surface area contributed by atoms with E-state index in [1.807, 2.05) is 6.08 Å². The summed E-state index contributed by atoms with van der Waals surface area (Å²) in [7, 11) is 0. The lowest BCUT2D eigenvalue weighted by atomic mass is 9.73. The SMILES string of the molecule is C=CC(N)C1CCCCC1CCCCC. The Balaban J connectivity index is 2.38. The Morgan fingerprint density at radius 2 is 2.07 bits per heavy atom. The molecule has 0 saturated heterocycles. The molecule has 0 bridgehead atoms. The lowest BCUT2D eigenvalue weighted by Crippen LogP contribution is -2.35. The first-order valence-corrected chi connectivity index (χ1v) is 6.67. The largest absolute Gasteiger partial charge is 0.324 e. The topological polar surface area (TPSA) is 26.0 Å². The van der Waals surface area contributed by atoms with Gasteiger partial charge in [-0.05, 0) is 18.3 Å². The minimum Gasteiger partial charge on any atom is -0.324 e. The zero-order valence-electron chi connectivity index (χ0n) is 10.3. The fourth-order valence-electron chi connectivity index (χ4n) is 2.93. The van der Waals surface area contributed by atoms with Gasteiger partial charge in [0.25, 0.3) is 0 Å². The van der Waals surface area contributed by atoms with E-state index in [1.54, 1.807) is 0 Å². The van der Waals surface area contributed by atoms with Crippen molar-refractivity contribution in [1.29, 1.82) is 0 Å². The van der Waals surface area contributed by atoms with Crippen molar-refractivity contribution >= 4 is 0 Å². The predicted molar refractivity (Wildman–Crippen MR) is 67.8 cm³/mol. The number of rotatable bonds is 6. The maximum atomic E-state index is 6.12. The van der Waals surface area contributed by atoms with Gasteiger partial charge >= 0.3 is 0 Å². The quantitative estimate of drug-likeness (QED) is 0.521. The van der Waals surface area contributed by atoms with E-state index in [0.717, 1.165) is 5.92 Å². The summed E-state index contributed by atoms with van der Waals surface area (Å²) in [5.74, 6) is 1.59. The van der Waals surface area contributed by atoms with Gasteiger partial charge in [-0.1, -0.05) is 57.9 Å². The van der Waals surface area contributed by atoms with Crippen molar-refractivity contribution in [2.24, 2.45) is 17.6 Å². The molecule has 0 aromatic rings. The van der Waals surface area contributed by atoms with Crippen LogP contribution in [0.3, 0.4) is 0 Å². The molecule has 15 heavy (non-hydrogen) atoms. The third-order valence-electron chi connectivity index (χ3n) is 3.91. The van der Waals surface area contributed by atoms with Crippen LogP contribution in [-0.2, 0) is 0 Å². The Hall–Kier alpha value is -0.300. The fraction of sp³-hybridized carbons (Fsp3) is 0.857. The molecule has 0 aromatic heterocycles. The highest BCUT2D eigenvalue weighted by Gasteiger charge is 2.27. The van der Waals surface area contributed by atoms with Crippen molar-refractivity contribution in [1.82, 2.24) is 0 Å². The van der Waals surface area contributed by atoms with E-state index >= 15 is 0 Å². The zero-order chi connectivity index (χ0) is 11.1. The first-order chi connectivity index (χ1) is 7.29. The molecule has 0 aliphatic heterocycles. The van der Waals surface area contributed by atoms with Gasteiger partial charge < -0.3 is 5.73 Å². The van der Waals surface area contributed by atoms with Gasteiger partial charge in [0.1, 0.15) is 0 Å². The first kappa shape index (κ1) is 12.8. The second kappa shape index (κ2) is 7.05. The number of hydrogen-bond donors (Lipinski definition) is 1. The van der Waals surface area contributed by atoms with E-state index in [1.165, 1.54) is 51.4 Å². The molecule has 1 fully saturated rings. The molecule has 1 aliphatic carbocycles. The summed E-state index contributed by atoms with van der Waals surface area (Å²) in [5, 5.41) is 0. The van der Waals surface area contributed by atoms with Gasteiger partial charge in [0.2, 0.25) is 0 Å². The van der Waals surface area contributed by atoms with Crippen molar-refractivity contribution in [2.75, 3.05) is 0 Å². The van der Waals surface area contributed by atoms with Gasteiger partial charge in [-0.25, -0.2) is 0 Å². The first-order valence-electron chi connectivity index (χ1n) is 6.67. The lowest BCUT2D eigenvalue weighted by Gasteiger charge is -2.34. The second-order valence-electron chi connectivity index (χ2n) is 5.02. The molecule has 1 aliphatic rings. The predicted octanol–water partition coefficient (Wildman–Crippen LogP) is 3.89. The maximum Gasteiger partial charge on any atom is 0.0252 e. The molecular weight excluding hydrogens is 182 g/mol. The molecule has 0 radical (unpaired) electrons. The smallest absolute Gasteiger partial charge is 0.0252 e. The maximum absolute atomic E-state index is 6.12. The summed E-state index contributed by atoms with van der Waals surface area (Å²) in [6, 6.07) is 0.233. The monoisotopic (exact) mass is 209 g/mol. The molecule has 0 spiro atoms. The molecule has 0 aromatic carbocycles. The van der Waals surface area contributed by atoms with E-state index in [9.17, 15) is 0 Å². The standard InChI is InChI=1S/C14H27N/c1-3-5-6-9-12-10-7-8-11-13(12)14(15)4-2/h4,12-14H,2-3,5-11,15H2,1H3. The summed E-state index contributed by atoms with van der Waals surface area (Å²) in [6.07, 6.45) is 12.9. The normalized spacial score (nSPS) is 28.7. The van der Waals surface area contributed by atoms with Crippen LogP contribution in [0, 0.1) is 11.8 Å². The molecule has 0 heterocycles. The van der Waals surface area contributed by atoms with Gasteiger partial charge in [0.15, 0.2) is 0 Å². The molecule has 1 rings (SSSR count). The molecule has 2 N–H and O–H groups in total. The summed E-state index contributed by atoms with van der Waals surface area (Å²) in [4.78, 5) is 0. The van der Waals surface area contributed by atoms with Crippen molar-refractivity contribution < 1.29 is 0 Å². The summed E-state index contributed by atoms with van der Waals surface area (Å²) in [5.41, 5.74) is 6.12. The average Bonchev–Trinajstić information content (AvgIpc) is 2.29. The van der Waals surface area contributed by atoms with Crippen molar-refractivity contribution in [3.63, 3.8) is 0 Å². The molecule has 0 amide bonds. The molecule has 3 atom stereocenters. The van der Waals surface area contributed by atoms with Crippen molar-refractivity contribution in [3.05, 3.63) is 12.7 Å². The Kier molecular flexibility index (Phi) is 6.00. The third-order valence-corrected chi connectivity index (χ3v) is 3.91. The number of unbranched alkanes of at least 4 members (excludes halogenated alkanes) is 2. The fourth-order valence-corrected chi connectivity index (χ4v) is 2.93. The average molecular weight is 209 g/mol. The van der Waals surface area contributed by atoms with Crippen LogP contribution in [0.2, 0.25) is 0 Å². The number of hydrogen-bond acceptors (Lipinski definition) is 1. The van der Waals surface area contributed by atoms with Gasteiger partial charge in [-0.15, -0.1) is 6.58 Å². The Bertz CT molecular complexity index is 176. The molecule has 1 heteroatoms. The van der Waals surface area contributed by atoms with E-state index in [-0.39, 0.29) is 6.04 Å². The van der Waals surface area contributed by atoms with Gasteiger partial charge in [-0.2, -0.15) is 0 Å². The molecule has 3 unspecified atom stereocenters. The highest BCUT2D eigenvalue weighted by Crippen LogP contribution is 2.35. The third kappa shape index (κ3) is 3.98. The molecule has 1 nitrogen and oxygen atoms in total. The summed E-state index contributed by atoms with van der Waals surface area (Å²) >= 11 is 0. The minimum absolute atomic E-state index is 0.233. The molecular formula is C14H27N. The van der Waals surface area contributed by atoms with Crippen molar-refractivity contribution in [3.8, 4) is 0 Å². The van der Waals surface area contributed by atoms with E-state index in [4.69, 9.17) is 5.73 Å². The summed E-state index contributed by atoms with van der Waals surface area (Å²) < 4.78 is 0. The molecule has 1 saturated carbocycles. The van der Waals surface area contributed by atoms with Gasteiger partial charge in [0.05, 0.1) is 0 Å². The minimum atomic E-state index is 0.233. The highest BCUT2D eigenvalue weighted by molar-refractivity contribution is 4.92. The van der Waals surface area contributed by atoms with Crippen LogP contribution < -0.4 is 5.73 Å². The van der Waals surface area contributed by atoms with Crippen LogP contribution in [0.5, 0.6) is 0 Å². The van der Waals surface area contributed by atoms with Gasteiger partial charge in [0, 0.05) is 6.04 Å². The van der Waals surface area contributed by atoms with E-state index < -0.39 is 0 Å². The van der Waals surface area contributed by atoms with Crippen LogP contribution in [0.15, 0.2) is 12.7 Å². The molecule has 88 valence electrons. The van der Waals surface area contributed by atoms with Crippen LogP contribution in [0.1, 0.15) is 58.3 Å². The Labute approximate surface area is 95.1 Å². The van der Waals surface area contributed by atoms with Crippen molar-refractivity contribution in [2.45, 2.75) is 64.3 Å². The van der Waals surface area contributed by atoms with Crippen LogP contribution in [0.25, 0.3) is 0 Å². The summed E-state index contributed by atoms with van der Waals surface area (Å²) in [6.45, 7) is 6.11. The lowest BCUT2D eigenvalue weighted by molar-refractivity contribution is 0.203. The van der Waals surface area contributed by atoms with E-state index in [2.05, 4.69) is 13.5 Å². The van der Waals surface area contributed by atoms with Crippen LogP contribution in [0.4, 0.5) is 0 Å². The zero-order valence-corrected chi connectivity index (χ0v) is 10.3. The highest BCUT2D eigenvalue weighted by atomic mass is 14.6. The Morgan fingerprint density at radius 3 is 2.73 bits per heavy atom. The Morgan fingerprint density at radius 1 is 1.33 bits per heavy atom. The second-order valence-corrected chi connectivity index (χ2v) is 5.02. The van der Waals surface area contributed by atoms with Gasteiger partial charge in [-0.3, -0.25) is 0 Å². The van der Waals surface area contributed by atoms with Crippen LogP contribution >= 0.6 is 0 Å². The van der Waals surface area contributed by atoms with Crippen LogP contribution in [-0.4, -0.2) is 6.04 Å². The number of nitrogens with two attached hydrogens (primary N) is 1. The van der Waals surface area contributed by atoms with E-state index in [0.29, 0.717) is 5.92 Å².